The summed E-state index contributed by atoms with van der Waals surface area (Å²) < 4.78 is 0. The molecule has 25 heavy (non-hydrogen) atoms. The number of hydrogen-bond acceptors (Lipinski definition) is 5. The molecule has 2 atom stereocenters. The van der Waals surface area contributed by atoms with Crippen LogP contribution in [0.15, 0.2) is 5.10 Å². The molecule has 1 aliphatic carbocycles. The van der Waals surface area contributed by atoms with Crippen LogP contribution in [-0.2, 0) is 4.79 Å². The highest BCUT2D eigenvalue weighted by Gasteiger charge is 2.39. The average molecular weight is 373 g/mol. The predicted octanol–water partition coefficient (Wildman–Crippen LogP) is 3.34. The maximum atomic E-state index is 11.7. The summed E-state index contributed by atoms with van der Waals surface area (Å²) >= 11 is 1.42. The van der Waals surface area contributed by atoms with Gasteiger partial charge in [-0.1, -0.05) is 58.8 Å². The van der Waals surface area contributed by atoms with E-state index in [1.807, 2.05) is 6.26 Å². The number of nitrogens with zero attached hydrogens (tertiary/aromatic N) is 1. The fourth-order valence-corrected chi connectivity index (χ4v) is 4.39. The van der Waals surface area contributed by atoms with E-state index in [9.17, 15) is 15.0 Å². The van der Waals surface area contributed by atoms with Crippen LogP contribution in [0.4, 0.5) is 0 Å². The molecular weight excluding hydrogens is 336 g/mol. The third-order valence-electron chi connectivity index (χ3n) is 5.15. The topological polar surface area (TPSA) is 81.9 Å². The zero-order valence-electron chi connectivity index (χ0n) is 16.1. The number of amides is 1. The van der Waals surface area contributed by atoms with Crippen molar-refractivity contribution in [3.05, 3.63) is 0 Å². The second-order valence-electron chi connectivity index (χ2n) is 7.36. The SMILES string of the molecule is CCCC1CCCC(CCC)CC(O)(/C(CO)=N/NC(=O)CSC)C1. The summed E-state index contributed by atoms with van der Waals surface area (Å²) in [7, 11) is 0. The van der Waals surface area contributed by atoms with Crippen LogP contribution in [0.1, 0.15) is 71.6 Å². The number of thioether (sulfide) groups is 1. The molecule has 1 rings (SSSR count). The standard InChI is InChI=1S/C19H36N2O3S/c1-4-7-15-9-6-10-16(8-5-2)12-19(24,11-15)17(13-22)20-21-18(23)14-25-3/h15-16,22,24H,4-14H2,1-3H3,(H,21,23)/b20-17+. The molecule has 0 bridgehead atoms. The fourth-order valence-electron chi connectivity index (χ4n) is 4.06. The maximum Gasteiger partial charge on any atom is 0.250 e. The first kappa shape index (κ1) is 22.5. The summed E-state index contributed by atoms with van der Waals surface area (Å²) in [6.07, 6.45) is 10.9. The van der Waals surface area contributed by atoms with Gasteiger partial charge in [-0.05, 0) is 30.9 Å². The highest BCUT2D eigenvalue weighted by Crippen LogP contribution is 2.37. The van der Waals surface area contributed by atoms with E-state index in [1.54, 1.807) is 0 Å². The normalized spacial score (nSPS) is 28.3. The molecule has 0 heterocycles. The fraction of sp³-hybridized carbons (Fsp3) is 0.895. The highest BCUT2D eigenvalue weighted by atomic mass is 32.2. The zero-order chi connectivity index (χ0) is 18.7. The van der Waals surface area contributed by atoms with Crippen LogP contribution in [0.3, 0.4) is 0 Å². The van der Waals surface area contributed by atoms with E-state index in [2.05, 4.69) is 24.4 Å². The second-order valence-corrected chi connectivity index (χ2v) is 8.23. The Morgan fingerprint density at radius 3 is 2.20 bits per heavy atom. The lowest BCUT2D eigenvalue weighted by Crippen LogP contribution is -2.46. The van der Waals surface area contributed by atoms with Gasteiger partial charge in [-0.2, -0.15) is 16.9 Å². The molecule has 0 aliphatic heterocycles. The van der Waals surface area contributed by atoms with Gasteiger partial charge in [-0.3, -0.25) is 4.79 Å². The molecule has 1 saturated carbocycles. The van der Waals surface area contributed by atoms with Gasteiger partial charge in [0, 0.05) is 0 Å². The van der Waals surface area contributed by atoms with Crippen molar-refractivity contribution in [2.24, 2.45) is 16.9 Å². The number of nitrogens with one attached hydrogen (secondary N) is 1. The minimum atomic E-state index is -1.12. The minimum absolute atomic E-state index is 0.205. The Labute approximate surface area is 157 Å². The number of rotatable bonds is 9. The molecule has 5 nitrogen and oxygen atoms in total. The highest BCUT2D eigenvalue weighted by molar-refractivity contribution is 7.99. The average Bonchev–Trinajstić information content (AvgIpc) is 2.54. The van der Waals surface area contributed by atoms with Crippen molar-refractivity contribution in [1.82, 2.24) is 5.43 Å². The summed E-state index contributed by atoms with van der Waals surface area (Å²) in [6.45, 7) is 4.01. The molecule has 0 aromatic carbocycles. The smallest absolute Gasteiger partial charge is 0.250 e. The maximum absolute atomic E-state index is 11.7. The first-order valence-electron chi connectivity index (χ1n) is 9.67. The Morgan fingerprint density at radius 2 is 1.76 bits per heavy atom. The van der Waals surface area contributed by atoms with Crippen LogP contribution in [0.5, 0.6) is 0 Å². The first-order valence-corrected chi connectivity index (χ1v) is 11.1. The molecule has 1 fully saturated rings. The molecule has 0 saturated heterocycles. The minimum Gasteiger partial charge on any atom is -0.390 e. The summed E-state index contributed by atoms with van der Waals surface area (Å²) in [5.74, 6) is 0.993. The lowest BCUT2D eigenvalue weighted by molar-refractivity contribution is -0.118. The molecular formula is C19H36N2O3S. The summed E-state index contributed by atoms with van der Waals surface area (Å²) in [5.41, 5.74) is 1.68. The van der Waals surface area contributed by atoms with Crippen LogP contribution in [0, 0.1) is 11.8 Å². The van der Waals surface area contributed by atoms with Crippen molar-refractivity contribution in [1.29, 1.82) is 0 Å². The summed E-state index contributed by atoms with van der Waals surface area (Å²) in [5, 5.41) is 25.4. The summed E-state index contributed by atoms with van der Waals surface area (Å²) in [6, 6.07) is 0. The van der Waals surface area contributed by atoms with Crippen molar-refractivity contribution in [2.45, 2.75) is 77.2 Å². The molecule has 0 aromatic rings. The van der Waals surface area contributed by atoms with Gasteiger partial charge in [0.2, 0.25) is 5.91 Å². The van der Waals surface area contributed by atoms with Crippen LogP contribution in [0.25, 0.3) is 0 Å². The van der Waals surface area contributed by atoms with Gasteiger partial charge >= 0.3 is 0 Å². The third-order valence-corrected chi connectivity index (χ3v) is 5.70. The Balaban J connectivity index is 2.99. The predicted molar refractivity (Wildman–Crippen MR) is 106 cm³/mol. The number of aliphatic hydroxyl groups excluding tert-OH is 1. The Bertz CT molecular complexity index is 413. The number of carbonyl (C=O) groups excluding carboxylic acids is 1. The molecule has 146 valence electrons. The van der Waals surface area contributed by atoms with Gasteiger partial charge in [-0.15, -0.1) is 0 Å². The van der Waals surface area contributed by atoms with Crippen molar-refractivity contribution in [2.75, 3.05) is 18.6 Å². The van der Waals surface area contributed by atoms with Gasteiger partial charge < -0.3 is 10.2 Å². The third kappa shape index (κ3) is 7.67. The molecule has 0 aromatic heterocycles. The van der Waals surface area contributed by atoms with Gasteiger partial charge in [0.05, 0.1) is 18.1 Å². The molecule has 3 N–H and O–H groups in total. The largest absolute Gasteiger partial charge is 0.390 e. The molecule has 2 unspecified atom stereocenters. The number of hydrazone groups is 1. The Kier molecular flexibility index (Phi) is 10.7. The molecule has 6 heteroatoms. The van der Waals surface area contributed by atoms with E-state index in [0.29, 0.717) is 36.1 Å². The lowest BCUT2D eigenvalue weighted by Gasteiger charge is -2.38. The van der Waals surface area contributed by atoms with Crippen molar-refractivity contribution >= 4 is 23.4 Å². The van der Waals surface area contributed by atoms with Gasteiger partial charge in [0.15, 0.2) is 0 Å². The molecule has 1 amide bonds. The second kappa shape index (κ2) is 11.9. The lowest BCUT2D eigenvalue weighted by atomic mass is 9.72. The van der Waals surface area contributed by atoms with Crippen molar-refractivity contribution in [3.63, 3.8) is 0 Å². The van der Waals surface area contributed by atoms with E-state index < -0.39 is 5.60 Å². The van der Waals surface area contributed by atoms with Crippen LogP contribution in [0.2, 0.25) is 0 Å². The van der Waals surface area contributed by atoms with E-state index in [4.69, 9.17) is 0 Å². The number of hydrogen-bond donors (Lipinski definition) is 3. The monoisotopic (exact) mass is 372 g/mol. The van der Waals surface area contributed by atoms with Crippen molar-refractivity contribution in [3.8, 4) is 0 Å². The zero-order valence-corrected chi connectivity index (χ0v) is 16.9. The van der Waals surface area contributed by atoms with Crippen LogP contribution >= 0.6 is 11.8 Å². The van der Waals surface area contributed by atoms with Gasteiger partial charge in [0.1, 0.15) is 5.60 Å². The van der Waals surface area contributed by atoms with Crippen LogP contribution < -0.4 is 5.43 Å². The number of aliphatic hydroxyl groups is 2. The first-order chi connectivity index (χ1) is 12.0. The van der Waals surface area contributed by atoms with Gasteiger partial charge in [-0.25, -0.2) is 5.43 Å². The molecule has 0 radical (unpaired) electrons. The van der Waals surface area contributed by atoms with E-state index in [0.717, 1.165) is 38.5 Å². The number of carbonyl (C=O) groups is 1. The van der Waals surface area contributed by atoms with Crippen LogP contribution in [-0.4, -0.2) is 46.0 Å². The Hall–Kier alpha value is -0.590. The van der Waals surface area contributed by atoms with E-state index >= 15 is 0 Å². The molecule has 0 spiro atoms. The summed E-state index contributed by atoms with van der Waals surface area (Å²) in [4.78, 5) is 11.7. The van der Waals surface area contributed by atoms with Gasteiger partial charge in [0.25, 0.3) is 0 Å². The molecule has 1 aliphatic rings. The Morgan fingerprint density at radius 1 is 1.20 bits per heavy atom. The van der Waals surface area contributed by atoms with E-state index in [-0.39, 0.29) is 12.5 Å². The van der Waals surface area contributed by atoms with E-state index in [1.165, 1.54) is 18.2 Å². The quantitative estimate of drug-likeness (QED) is 0.428. The van der Waals surface area contributed by atoms with Crippen molar-refractivity contribution < 1.29 is 15.0 Å².